The van der Waals surface area contributed by atoms with E-state index < -0.39 is 186 Å². The van der Waals surface area contributed by atoms with Gasteiger partial charge in [-0.05, 0) is 86.1 Å². The van der Waals surface area contributed by atoms with Gasteiger partial charge in [-0.2, -0.15) is 0 Å². The molecule has 11 amide bonds. The van der Waals surface area contributed by atoms with Crippen molar-refractivity contribution in [3.8, 4) is 0 Å². The van der Waals surface area contributed by atoms with Crippen LogP contribution in [0.5, 0.6) is 0 Å². The summed E-state index contributed by atoms with van der Waals surface area (Å²) in [7, 11) is 0. The summed E-state index contributed by atoms with van der Waals surface area (Å²) >= 11 is 0. The van der Waals surface area contributed by atoms with E-state index in [0.717, 1.165) is 0 Å². The summed E-state index contributed by atoms with van der Waals surface area (Å²) in [6.07, 6.45) is -2.26. The van der Waals surface area contributed by atoms with Crippen LogP contribution in [0, 0.1) is 28.6 Å². The molecule has 1 saturated heterocycles. The summed E-state index contributed by atoms with van der Waals surface area (Å²) in [5.74, 6) is -13.1. The molecule has 28 nitrogen and oxygen atoms in total. The van der Waals surface area contributed by atoms with Gasteiger partial charge in [-0.25, -0.2) is 0 Å². The lowest BCUT2D eigenvalue weighted by molar-refractivity contribution is -0.139. The van der Waals surface area contributed by atoms with E-state index in [2.05, 4.69) is 58.5 Å². The number of rotatable bonds is 20. The number of hydrogen-bond donors (Lipinski definition) is 17. The number of aliphatic hydroxyl groups is 4. The van der Waals surface area contributed by atoms with Crippen LogP contribution in [0.3, 0.4) is 0 Å². The Morgan fingerprint density at radius 2 is 1.11 bits per heavy atom. The molecule has 1 aliphatic rings. The van der Waals surface area contributed by atoms with Crippen LogP contribution in [0.15, 0.2) is 30.3 Å². The molecule has 0 aromatic heterocycles. The Morgan fingerprint density at radius 3 is 1.64 bits per heavy atom. The Balaban J connectivity index is 3.07. The highest BCUT2D eigenvalue weighted by Gasteiger charge is 2.42. The molecular weight excluding hydrogens is 1130 g/mol. The van der Waals surface area contributed by atoms with Gasteiger partial charge < -0.3 is 90.4 Å². The minimum Gasteiger partial charge on any atom is -0.394 e. The molecule has 28 heteroatoms. The van der Waals surface area contributed by atoms with Gasteiger partial charge in [-0.3, -0.25) is 52.7 Å². The predicted octanol–water partition coefficient (Wildman–Crippen LogP) is -2.86. The second kappa shape index (κ2) is 35.8. The van der Waals surface area contributed by atoms with E-state index in [0.29, 0.717) is 19.3 Å². The second-order valence-electron chi connectivity index (χ2n) is 25.7. The summed E-state index contributed by atoms with van der Waals surface area (Å²) < 4.78 is 0. The number of carbonyl (C=O) groups is 11. The number of nitrogens with two attached hydrogens (primary N) is 2. The number of nitrogens with one attached hydrogen (secondary N) is 11. The summed E-state index contributed by atoms with van der Waals surface area (Å²) in [4.78, 5) is 157. The molecule has 0 aliphatic carbocycles. The Labute approximate surface area is 510 Å². The minimum absolute atomic E-state index is 0.0223. The molecule has 87 heavy (non-hydrogen) atoms. The largest absolute Gasteiger partial charge is 0.394 e. The number of aliphatic hydroxyl groups excluding tert-OH is 4. The number of hydrogen-bond acceptors (Lipinski definition) is 17. The highest BCUT2D eigenvalue weighted by molar-refractivity contribution is 5.99. The highest BCUT2D eigenvalue weighted by atomic mass is 16.3. The third-order valence-electron chi connectivity index (χ3n) is 14.4. The fourth-order valence-electron chi connectivity index (χ4n) is 9.40. The lowest BCUT2D eigenvalue weighted by Gasteiger charge is -2.35. The standard InChI is InChI=1S/C59H101N13O15/c1-14-32(6)42-55(85)69-43(33(7)75)54(84)62-27-41(76)63-39(28-73)52(82)67-40(29-74)53(83)70-44(34-20-16-15-17-21-34)45(71-51(81)38(26-59(11,12)13)66-48(78)35(61)25-58(8,9)10)56(86)72-46(47(77)31(4)5)57(87)65-37(24-30(2)3)50(80)64-36(49(79)68-42)22-18-19-23-60/h15-17,20-21,30-33,35-40,42-47,73-75,77H,14,18-19,22-29,60-61H2,1-13H3,(H,62,84)(H,63,76)(H,64,80)(H,65,87)(H,66,78)(H,67,82)(H,68,79)(H,69,85)(H,70,83)(H,71,81)(H,72,86)/t32-,33-,35+,36+,37-,38-,39-,40?,42-,43-,44+,45-,46-,47+/m0/s1. The number of carbonyl (C=O) groups excluding carboxylic acids is 11. The molecule has 1 heterocycles. The quantitative estimate of drug-likeness (QED) is 0.0584. The molecule has 1 fully saturated rings. The van der Waals surface area contributed by atoms with E-state index in [1.54, 1.807) is 54.5 Å². The number of amides is 11. The Hall–Kier alpha value is -6.85. The monoisotopic (exact) mass is 1230 g/mol. The van der Waals surface area contributed by atoms with E-state index in [1.165, 1.54) is 45.0 Å². The van der Waals surface area contributed by atoms with Crippen molar-refractivity contribution in [1.82, 2.24) is 58.5 Å². The van der Waals surface area contributed by atoms with Crippen molar-refractivity contribution in [2.45, 2.75) is 214 Å². The molecule has 1 aromatic carbocycles. The first-order valence-corrected chi connectivity index (χ1v) is 29.9. The molecule has 19 N–H and O–H groups in total. The molecule has 0 saturated carbocycles. The second-order valence-corrected chi connectivity index (χ2v) is 25.7. The molecule has 1 aromatic rings. The van der Waals surface area contributed by atoms with E-state index in [4.69, 9.17) is 11.5 Å². The molecule has 14 atom stereocenters. The van der Waals surface area contributed by atoms with Gasteiger partial charge in [0.05, 0.1) is 44.1 Å². The lowest BCUT2D eigenvalue weighted by Crippen LogP contribution is -2.65. The minimum atomic E-state index is -2.01. The molecule has 492 valence electrons. The van der Waals surface area contributed by atoms with Crippen LogP contribution in [-0.2, 0) is 52.7 Å². The molecule has 0 bridgehead atoms. The normalized spacial score (nSPS) is 25.2. The zero-order chi connectivity index (χ0) is 66.3. The maximum Gasteiger partial charge on any atom is 0.245 e. The molecular formula is C59H101N13O15. The first-order valence-electron chi connectivity index (χ1n) is 29.9. The van der Waals surface area contributed by atoms with E-state index in [-0.39, 0.29) is 43.7 Å². The van der Waals surface area contributed by atoms with Crippen LogP contribution in [-0.4, -0.2) is 184 Å². The van der Waals surface area contributed by atoms with Crippen molar-refractivity contribution in [3.05, 3.63) is 35.9 Å². The van der Waals surface area contributed by atoms with E-state index in [9.17, 15) is 68.4 Å². The Morgan fingerprint density at radius 1 is 0.609 bits per heavy atom. The van der Waals surface area contributed by atoms with Gasteiger partial charge in [0, 0.05) is 0 Å². The van der Waals surface area contributed by atoms with E-state index >= 15 is 4.79 Å². The molecule has 1 aliphatic heterocycles. The number of unbranched alkanes of at least 4 members (excludes halogenated alkanes) is 1. The van der Waals surface area contributed by atoms with Gasteiger partial charge in [0.15, 0.2) is 0 Å². The van der Waals surface area contributed by atoms with Crippen LogP contribution in [0.25, 0.3) is 0 Å². The summed E-state index contributed by atoms with van der Waals surface area (Å²) in [6.45, 7) is 19.1. The third kappa shape index (κ3) is 25.8. The fourth-order valence-corrected chi connectivity index (χ4v) is 9.40. The van der Waals surface area contributed by atoms with Gasteiger partial charge >= 0.3 is 0 Å². The van der Waals surface area contributed by atoms with Gasteiger partial charge in [0.1, 0.15) is 54.4 Å². The first kappa shape index (κ1) is 76.2. The number of benzene rings is 1. The van der Waals surface area contributed by atoms with Crippen molar-refractivity contribution < 1.29 is 73.2 Å². The fraction of sp³-hybridized carbons (Fsp3) is 0.712. The van der Waals surface area contributed by atoms with Crippen molar-refractivity contribution in [1.29, 1.82) is 0 Å². The predicted molar refractivity (Wildman–Crippen MR) is 322 cm³/mol. The van der Waals surface area contributed by atoms with Crippen LogP contribution in [0.4, 0.5) is 0 Å². The summed E-state index contributed by atoms with van der Waals surface area (Å²) in [5.41, 5.74) is 11.2. The van der Waals surface area contributed by atoms with E-state index in [1.807, 2.05) is 20.8 Å². The van der Waals surface area contributed by atoms with Crippen molar-refractivity contribution in [2.24, 2.45) is 40.1 Å². The topological polar surface area (TPSA) is 453 Å². The van der Waals surface area contributed by atoms with Crippen LogP contribution < -0.4 is 70.0 Å². The maximum absolute atomic E-state index is 15.4. The van der Waals surface area contributed by atoms with Crippen molar-refractivity contribution in [3.63, 3.8) is 0 Å². The van der Waals surface area contributed by atoms with Gasteiger partial charge in [-0.1, -0.05) is 120 Å². The zero-order valence-electron chi connectivity index (χ0n) is 52.8. The molecule has 2 rings (SSSR count). The Bertz CT molecular complexity index is 2470. The van der Waals surface area contributed by atoms with Crippen LogP contribution in [0.1, 0.15) is 147 Å². The smallest absolute Gasteiger partial charge is 0.245 e. The van der Waals surface area contributed by atoms with Gasteiger partial charge in [0.25, 0.3) is 0 Å². The average molecular weight is 1230 g/mol. The zero-order valence-corrected chi connectivity index (χ0v) is 52.8. The van der Waals surface area contributed by atoms with Crippen LogP contribution in [0.2, 0.25) is 0 Å². The summed E-state index contributed by atoms with van der Waals surface area (Å²) in [6, 6.07) is -10.4. The van der Waals surface area contributed by atoms with Gasteiger partial charge in [-0.15, -0.1) is 0 Å². The molecule has 1 unspecified atom stereocenters. The summed E-state index contributed by atoms with van der Waals surface area (Å²) in [5, 5.41) is 71.1. The average Bonchev–Trinajstić information content (AvgIpc) is 1.72. The van der Waals surface area contributed by atoms with Crippen molar-refractivity contribution in [2.75, 3.05) is 26.3 Å². The van der Waals surface area contributed by atoms with Crippen molar-refractivity contribution >= 4 is 65.0 Å². The third-order valence-corrected chi connectivity index (χ3v) is 14.4. The van der Waals surface area contributed by atoms with Gasteiger partial charge in [0.2, 0.25) is 65.0 Å². The Kier molecular flexibility index (Phi) is 31.4. The first-order chi connectivity index (χ1) is 40.5. The highest BCUT2D eigenvalue weighted by Crippen LogP contribution is 2.25. The SMILES string of the molecule is CC[C@H](C)[C@@H]1NC(=O)[C@@H](CCCCN)NC(=O)[C@H](CC(C)C)NC(=O)[C@H]([C@H](O)C(C)C)NC(=O)[C@@H](NC(=O)[C@H](CC(C)(C)C)NC(=O)[C@H](N)CC(C)(C)C)[C@@H](c2ccccc2)NC(=O)C(CO)NC(=O)[C@H](CO)NC(=O)CNC(=O)[C@H]([C@H](C)O)NC1=O. The molecule has 0 radical (unpaired) electrons. The maximum atomic E-state index is 15.4. The molecule has 0 spiro atoms. The lowest BCUT2D eigenvalue weighted by atomic mass is 9.86. The van der Waals surface area contributed by atoms with Crippen LogP contribution >= 0.6 is 0 Å².